The second kappa shape index (κ2) is 8.77. The zero-order valence-electron chi connectivity index (χ0n) is 15.7. The molecular weight excluding hydrogens is 372 g/mol. The molecule has 146 valence electrons. The molecule has 2 N–H and O–H groups in total. The highest BCUT2D eigenvalue weighted by Gasteiger charge is 2.18. The monoisotopic (exact) mass is 396 g/mol. The lowest BCUT2D eigenvalue weighted by molar-refractivity contribution is -0.121. The predicted molar refractivity (Wildman–Crippen MR) is 110 cm³/mol. The number of hydrogen-bond acceptors (Lipinski definition) is 6. The SMILES string of the molecule is O=C(CCc1nc2ncccc2s1)NCC(O)CN1CCc2ccccc2C1. The van der Waals surface area contributed by atoms with E-state index in [1.165, 1.54) is 11.1 Å². The Morgan fingerprint density at radius 1 is 1.25 bits per heavy atom. The number of benzene rings is 1. The van der Waals surface area contributed by atoms with Crippen LogP contribution >= 0.6 is 11.3 Å². The van der Waals surface area contributed by atoms with Gasteiger partial charge in [-0.25, -0.2) is 9.97 Å². The lowest BCUT2D eigenvalue weighted by atomic mass is 10.00. The summed E-state index contributed by atoms with van der Waals surface area (Å²) in [6.07, 6.45) is 3.11. The summed E-state index contributed by atoms with van der Waals surface area (Å²) in [4.78, 5) is 23.0. The Morgan fingerprint density at radius 2 is 2.11 bits per heavy atom. The number of aromatic nitrogens is 2. The lowest BCUT2D eigenvalue weighted by Crippen LogP contribution is -2.42. The van der Waals surface area contributed by atoms with Crippen molar-refractivity contribution in [1.29, 1.82) is 0 Å². The van der Waals surface area contributed by atoms with E-state index in [2.05, 4.69) is 44.5 Å². The summed E-state index contributed by atoms with van der Waals surface area (Å²) in [7, 11) is 0. The highest BCUT2D eigenvalue weighted by molar-refractivity contribution is 7.18. The smallest absolute Gasteiger partial charge is 0.220 e. The molecule has 1 aromatic carbocycles. The molecule has 3 aromatic rings. The predicted octanol–water partition coefficient (Wildman–Crippen LogP) is 2.16. The molecule has 3 heterocycles. The first-order valence-electron chi connectivity index (χ1n) is 9.62. The van der Waals surface area contributed by atoms with Gasteiger partial charge in [-0.1, -0.05) is 24.3 Å². The summed E-state index contributed by atoms with van der Waals surface area (Å²) in [6.45, 7) is 2.64. The summed E-state index contributed by atoms with van der Waals surface area (Å²) in [5, 5.41) is 14.1. The van der Waals surface area contributed by atoms with Gasteiger partial charge >= 0.3 is 0 Å². The van der Waals surface area contributed by atoms with E-state index in [0.29, 0.717) is 19.4 Å². The van der Waals surface area contributed by atoms with E-state index >= 15 is 0 Å². The number of hydrogen-bond donors (Lipinski definition) is 2. The molecule has 4 rings (SSSR count). The third-order valence-electron chi connectivity index (χ3n) is 4.99. The van der Waals surface area contributed by atoms with E-state index < -0.39 is 6.10 Å². The number of rotatable bonds is 7. The molecule has 1 amide bonds. The minimum atomic E-state index is -0.569. The number of pyridine rings is 1. The number of aliphatic hydroxyl groups is 1. The molecule has 0 aliphatic carbocycles. The minimum absolute atomic E-state index is 0.0599. The number of carbonyl (C=O) groups excluding carboxylic acids is 1. The van der Waals surface area contributed by atoms with Gasteiger partial charge in [-0.05, 0) is 29.7 Å². The van der Waals surface area contributed by atoms with Crippen molar-refractivity contribution in [3.63, 3.8) is 0 Å². The minimum Gasteiger partial charge on any atom is -0.390 e. The van der Waals surface area contributed by atoms with Crippen LogP contribution < -0.4 is 5.32 Å². The molecule has 0 fully saturated rings. The Kier molecular flexibility index (Phi) is 5.95. The Bertz CT molecular complexity index is 925. The Balaban J connectivity index is 1.19. The zero-order valence-corrected chi connectivity index (χ0v) is 16.5. The third-order valence-corrected chi connectivity index (χ3v) is 6.06. The van der Waals surface area contributed by atoms with Crippen LogP contribution in [0.4, 0.5) is 0 Å². The normalized spacial score (nSPS) is 15.3. The lowest BCUT2D eigenvalue weighted by Gasteiger charge is -2.30. The van der Waals surface area contributed by atoms with E-state index in [9.17, 15) is 9.90 Å². The van der Waals surface area contributed by atoms with Crippen molar-refractivity contribution in [2.45, 2.75) is 31.9 Å². The second-order valence-corrected chi connectivity index (χ2v) is 8.26. The van der Waals surface area contributed by atoms with E-state index in [0.717, 1.165) is 34.9 Å². The molecule has 7 heteroatoms. The molecule has 6 nitrogen and oxygen atoms in total. The van der Waals surface area contributed by atoms with Crippen LogP contribution in [-0.4, -0.2) is 51.6 Å². The van der Waals surface area contributed by atoms with Gasteiger partial charge in [-0.3, -0.25) is 9.69 Å². The van der Waals surface area contributed by atoms with Crippen molar-refractivity contribution in [2.75, 3.05) is 19.6 Å². The van der Waals surface area contributed by atoms with Gasteiger partial charge in [0.1, 0.15) is 0 Å². The van der Waals surface area contributed by atoms with E-state index in [4.69, 9.17) is 0 Å². The average molecular weight is 397 g/mol. The first-order valence-corrected chi connectivity index (χ1v) is 10.4. The van der Waals surface area contributed by atoms with Crippen LogP contribution in [0.2, 0.25) is 0 Å². The summed E-state index contributed by atoms with van der Waals surface area (Å²) < 4.78 is 1.04. The van der Waals surface area contributed by atoms with Gasteiger partial charge in [-0.2, -0.15) is 0 Å². The van der Waals surface area contributed by atoms with Crippen LogP contribution in [-0.2, 0) is 24.2 Å². The van der Waals surface area contributed by atoms with Crippen molar-refractivity contribution in [3.8, 4) is 0 Å². The zero-order chi connectivity index (χ0) is 19.3. The molecule has 1 unspecified atom stereocenters. The molecule has 2 aromatic heterocycles. The van der Waals surface area contributed by atoms with Gasteiger partial charge < -0.3 is 10.4 Å². The first kappa shape index (κ1) is 19.0. The van der Waals surface area contributed by atoms with Crippen molar-refractivity contribution in [2.24, 2.45) is 0 Å². The fourth-order valence-electron chi connectivity index (χ4n) is 3.53. The molecule has 0 spiro atoms. The number of aryl methyl sites for hydroxylation is 1. The molecule has 0 bridgehead atoms. The van der Waals surface area contributed by atoms with Gasteiger partial charge in [0.15, 0.2) is 5.65 Å². The van der Waals surface area contributed by atoms with E-state index in [1.807, 2.05) is 12.1 Å². The fourth-order valence-corrected chi connectivity index (χ4v) is 4.46. The van der Waals surface area contributed by atoms with Crippen LogP contribution in [0.5, 0.6) is 0 Å². The number of carbonyl (C=O) groups is 1. The molecule has 28 heavy (non-hydrogen) atoms. The van der Waals surface area contributed by atoms with Gasteiger partial charge in [0, 0.05) is 45.2 Å². The molecule has 1 aliphatic heterocycles. The largest absolute Gasteiger partial charge is 0.390 e. The number of amides is 1. The Labute approximate surface area is 168 Å². The van der Waals surface area contributed by atoms with Crippen LogP contribution in [0.15, 0.2) is 42.6 Å². The van der Waals surface area contributed by atoms with Crippen molar-refractivity contribution < 1.29 is 9.90 Å². The number of thiazole rings is 1. The summed E-state index contributed by atoms with van der Waals surface area (Å²) >= 11 is 1.57. The van der Waals surface area contributed by atoms with Crippen molar-refractivity contribution >= 4 is 27.6 Å². The molecule has 0 saturated heterocycles. The molecule has 0 saturated carbocycles. The maximum Gasteiger partial charge on any atom is 0.220 e. The summed E-state index contributed by atoms with van der Waals surface area (Å²) in [6, 6.07) is 12.3. The topological polar surface area (TPSA) is 78.3 Å². The number of nitrogens with zero attached hydrogens (tertiary/aromatic N) is 3. The number of β-amino-alcohol motifs (C(OH)–C–C–N with tert-alkyl or cyclic N) is 1. The second-order valence-electron chi connectivity index (χ2n) is 7.14. The van der Waals surface area contributed by atoms with Gasteiger partial charge in [0.2, 0.25) is 5.91 Å². The maximum atomic E-state index is 12.1. The number of nitrogens with one attached hydrogen (secondary N) is 1. The van der Waals surface area contributed by atoms with Gasteiger partial charge in [0.25, 0.3) is 0 Å². The molecule has 1 atom stereocenters. The first-order chi connectivity index (χ1) is 13.7. The standard InChI is InChI=1S/C21H24N4O2S/c26-17(14-25-11-9-15-4-1-2-5-16(15)13-25)12-23-19(27)7-8-20-24-21-18(28-20)6-3-10-22-21/h1-6,10,17,26H,7-9,11-14H2,(H,23,27). The third kappa shape index (κ3) is 4.73. The van der Waals surface area contributed by atoms with Crippen LogP contribution in [0, 0.1) is 0 Å². The van der Waals surface area contributed by atoms with Gasteiger partial charge in [-0.15, -0.1) is 11.3 Å². The van der Waals surface area contributed by atoms with Gasteiger partial charge in [0.05, 0.1) is 15.8 Å². The van der Waals surface area contributed by atoms with Crippen LogP contribution in [0.3, 0.4) is 0 Å². The van der Waals surface area contributed by atoms with Crippen molar-refractivity contribution in [1.82, 2.24) is 20.2 Å². The van der Waals surface area contributed by atoms with E-state index in [1.54, 1.807) is 17.5 Å². The van der Waals surface area contributed by atoms with E-state index in [-0.39, 0.29) is 12.5 Å². The Hall–Kier alpha value is -2.35. The highest BCUT2D eigenvalue weighted by Crippen LogP contribution is 2.21. The quantitative estimate of drug-likeness (QED) is 0.640. The number of aliphatic hydroxyl groups excluding tert-OH is 1. The average Bonchev–Trinajstić information content (AvgIpc) is 3.14. The summed E-state index contributed by atoms with van der Waals surface area (Å²) in [5.74, 6) is -0.0599. The maximum absolute atomic E-state index is 12.1. The van der Waals surface area contributed by atoms with Crippen LogP contribution in [0.25, 0.3) is 10.3 Å². The highest BCUT2D eigenvalue weighted by atomic mass is 32.1. The summed E-state index contributed by atoms with van der Waals surface area (Å²) in [5.41, 5.74) is 3.46. The molecule has 0 radical (unpaired) electrons. The molecule has 1 aliphatic rings. The molecular formula is C21H24N4O2S. The Morgan fingerprint density at radius 3 is 2.96 bits per heavy atom. The number of fused-ring (bicyclic) bond motifs is 2. The van der Waals surface area contributed by atoms with Crippen molar-refractivity contribution in [3.05, 3.63) is 58.7 Å². The fraction of sp³-hybridized carbons (Fsp3) is 0.381. The van der Waals surface area contributed by atoms with Crippen LogP contribution in [0.1, 0.15) is 22.6 Å².